The summed E-state index contributed by atoms with van der Waals surface area (Å²) in [6.45, 7) is 7.36. The quantitative estimate of drug-likeness (QED) is 0.791. The van der Waals surface area contributed by atoms with Crippen molar-refractivity contribution >= 4 is 28.8 Å². The van der Waals surface area contributed by atoms with Crippen LogP contribution in [0.1, 0.15) is 34.9 Å². The number of carbonyl (C=O) groups is 2. The predicted molar refractivity (Wildman–Crippen MR) is 106 cm³/mol. The number of fused-ring (bicyclic) bond motifs is 1. The first-order chi connectivity index (χ1) is 13.4. The molecule has 0 radical (unpaired) electrons. The van der Waals surface area contributed by atoms with Crippen molar-refractivity contribution < 1.29 is 19.1 Å². The topological polar surface area (TPSA) is 72.0 Å². The summed E-state index contributed by atoms with van der Waals surface area (Å²) in [5.41, 5.74) is 2.22. The summed E-state index contributed by atoms with van der Waals surface area (Å²) in [6, 6.07) is 5.77. The first-order valence-electron chi connectivity index (χ1n) is 9.33. The van der Waals surface area contributed by atoms with Gasteiger partial charge in [-0.1, -0.05) is 6.07 Å². The number of rotatable bonds is 3. The van der Waals surface area contributed by atoms with Crippen LogP contribution >= 0.6 is 11.3 Å². The molecule has 3 heterocycles. The Morgan fingerprint density at radius 1 is 1.29 bits per heavy atom. The Labute approximate surface area is 167 Å². The molecule has 2 aromatic rings. The van der Waals surface area contributed by atoms with Crippen molar-refractivity contribution in [2.45, 2.75) is 39.5 Å². The summed E-state index contributed by atoms with van der Waals surface area (Å²) >= 11 is 1.39. The van der Waals surface area contributed by atoms with E-state index in [1.807, 2.05) is 39.0 Å². The van der Waals surface area contributed by atoms with E-state index in [-0.39, 0.29) is 30.6 Å². The van der Waals surface area contributed by atoms with E-state index in [1.165, 1.54) is 11.3 Å². The second-order valence-corrected chi connectivity index (χ2v) is 8.28. The van der Waals surface area contributed by atoms with Gasteiger partial charge in [-0.05, 0) is 38.5 Å². The van der Waals surface area contributed by atoms with Crippen LogP contribution in [-0.2, 0) is 16.1 Å². The van der Waals surface area contributed by atoms with E-state index in [1.54, 1.807) is 15.2 Å². The molecule has 4 rings (SSSR count). The average Bonchev–Trinajstić information content (AvgIpc) is 3.11. The number of hydrogen-bond donors (Lipinski definition) is 0. The maximum absolute atomic E-state index is 12.8. The fraction of sp³-hybridized carbons (Fsp3) is 0.450. The van der Waals surface area contributed by atoms with Gasteiger partial charge in [0.25, 0.3) is 11.8 Å². The van der Waals surface area contributed by atoms with E-state index < -0.39 is 0 Å². The average molecular weight is 401 g/mol. The molecule has 2 aliphatic rings. The molecule has 2 atom stereocenters. The maximum Gasteiger partial charge on any atom is 0.273 e. The Morgan fingerprint density at radius 3 is 2.79 bits per heavy atom. The van der Waals surface area contributed by atoms with E-state index in [9.17, 15) is 9.59 Å². The van der Waals surface area contributed by atoms with Gasteiger partial charge in [0.2, 0.25) is 0 Å². The highest BCUT2D eigenvalue weighted by Crippen LogP contribution is 2.34. The maximum atomic E-state index is 12.8. The molecule has 0 aliphatic carbocycles. The van der Waals surface area contributed by atoms with E-state index in [0.29, 0.717) is 31.1 Å². The van der Waals surface area contributed by atoms with Crippen LogP contribution in [-0.4, -0.2) is 53.6 Å². The van der Waals surface area contributed by atoms with Gasteiger partial charge in [0, 0.05) is 18.5 Å². The minimum absolute atomic E-state index is 0.0107. The predicted octanol–water partition coefficient (Wildman–Crippen LogP) is 2.63. The van der Waals surface area contributed by atoms with Crippen molar-refractivity contribution in [2.24, 2.45) is 0 Å². The number of amides is 2. The first kappa shape index (κ1) is 18.9. The lowest BCUT2D eigenvalue weighted by Gasteiger charge is -2.34. The Bertz CT molecular complexity index is 903. The van der Waals surface area contributed by atoms with Crippen LogP contribution in [0, 0.1) is 6.92 Å². The molecule has 7 nitrogen and oxygen atoms in total. The lowest BCUT2D eigenvalue weighted by Crippen LogP contribution is -2.48. The van der Waals surface area contributed by atoms with Crippen molar-refractivity contribution in [1.82, 2.24) is 9.88 Å². The summed E-state index contributed by atoms with van der Waals surface area (Å²) in [6.07, 6.45) is 0.0213. The van der Waals surface area contributed by atoms with Gasteiger partial charge in [-0.15, -0.1) is 11.3 Å². The molecule has 148 valence electrons. The summed E-state index contributed by atoms with van der Waals surface area (Å²) in [4.78, 5) is 33.2. The van der Waals surface area contributed by atoms with E-state index in [4.69, 9.17) is 9.47 Å². The number of aryl methyl sites for hydroxylation is 1. The van der Waals surface area contributed by atoms with Gasteiger partial charge >= 0.3 is 0 Å². The summed E-state index contributed by atoms with van der Waals surface area (Å²) < 4.78 is 11.2. The third-order valence-corrected chi connectivity index (χ3v) is 5.66. The molecule has 2 aliphatic heterocycles. The fourth-order valence-corrected chi connectivity index (χ4v) is 4.36. The van der Waals surface area contributed by atoms with Gasteiger partial charge in [0.1, 0.15) is 16.5 Å². The number of aromatic nitrogens is 1. The van der Waals surface area contributed by atoms with Crippen molar-refractivity contribution in [3.05, 3.63) is 39.8 Å². The normalized spacial score (nSPS) is 22.0. The van der Waals surface area contributed by atoms with E-state index in [0.717, 1.165) is 16.3 Å². The van der Waals surface area contributed by atoms with Crippen LogP contribution in [0.3, 0.4) is 0 Å². The Kier molecular flexibility index (Phi) is 5.07. The van der Waals surface area contributed by atoms with Crippen molar-refractivity contribution in [3.8, 4) is 5.75 Å². The van der Waals surface area contributed by atoms with Crippen molar-refractivity contribution in [2.75, 3.05) is 24.6 Å². The molecule has 0 unspecified atom stereocenters. The lowest BCUT2D eigenvalue weighted by atomic mass is 10.1. The molecule has 1 fully saturated rings. The van der Waals surface area contributed by atoms with Crippen LogP contribution in [0.5, 0.6) is 5.75 Å². The SMILES string of the molecule is Cc1ccc2c(c1)N(Cc1nc(C(=O)N3C[C@@H](C)O[C@H](C)C3)cs1)C(=O)CO2. The molecule has 1 saturated heterocycles. The molecule has 28 heavy (non-hydrogen) atoms. The van der Waals surface area contributed by atoms with Gasteiger partial charge in [-0.3, -0.25) is 14.5 Å². The molecule has 1 aromatic heterocycles. The molecule has 0 N–H and O–H groups in total. The van der Waals surface area contributed by atoms with Gasteiger partial charge in [0.05, 0.1) is 24.4 Å². The van der Waals surface area contributed by atoms with Crippen molar-refractivity contribution in [3.63, 3.8) is 0 Å². The highest BCUT2D eigenvalue weighted by atomic mass is 32.1. The summed E-state index contributed by atoms with van der Waals surface area (Å²) in [5, 5.41) is 2.49. The van der Waals surface area contributed by atoms with Crippen LogP contribution in [0.15, 0.2) is 23.6 Å². The lowest BCUT2D eigenvalue weighted by molar-refractivity contribution is -0.121. The number of hydrogen-bond acceptors (Lipinski definition) is 6. The second-order valence-electron chi connectivity index (χ2n) is 7.33. The number of carbonyl (C=O) groups excluding carboxylic acids is 2. The number of thiazole rings is 1. The molecule has 0 saturated carbocycles. The van der Waals surface area contributed by atoms with E-state index >= 15 is 0 Å². The fourth-order valence-electron chi connectivity index (χ4n) is 3.61. The first-order valence-corrected chi connectivity index (χ1v) is 10.2. The molecular formula is C20H23N3O4S. The summed E-state index contributed by atoms with van der Waals surface area (Å²) in [5.74, 6) is 0.486. The smallest absolute Gasteiger partial charge is 0.273 e. The number of morpholine rings is 1. The minimum atomic E-state index is -0.114. The van der Waals surface area contributed by atoms with Gasteiger partial charge in [-0.25, -0.2) is 4.98 Å². The zero-order chi connectivity index (χ0) is 19.8. The highest BCUT2D eigenvalue weighted by molar-refractivity contribution is 7.09. The van der Waals surface area contributed by atoms with Gasteiger partial charge < -0.3 is 14.4 Å². The third kappa shape index (κ3) is 3.74. The molecular weight excluding hydrogens is 378 g/mol. The van der Waals surface area contributed by atoms with Crippen LogP contribution < -0.4 is 9.64 Å². The molecule has 0 spiro atoms. The van der Waals surface area contributed by atoms with Crippen LogP contribution in [0.25, 0.3) is 0 Å². The van der Waals surface area contributed by atoms with Crippen molar-refractivity contribution in [1.29, 1.82) is 0 Å². The number of anilines is 1. The Morgan fingerprint density at radius 2 is 2.04 bits per heavy atom. The second kappa shape index (κ2) is 7.52. The standard InChI is InChI=1S/C20H23N3O4S/c1-12-4-5-17-16(6-12)23(19(24)10-26-17)9-18-21-15(11-28-18)20(25)22-7-13(2)27-14(3)8-22/h4-6,11,13-14H,7-10H2,1-3H3/t13-,14-/m1/s1. The molecule has 8 heteroatoms. The molecule has 2 amide bonds. The van der Waals surface area contributed by atoms with E-state index in [2.05, 4.69) is 4.98 Å². The molecule has 0 bridgehead atoms. The van der Waals surface area contributed by atoms with Gasteiger partial charge in [-0.2, -0.15) is 0 Å². The monoisotopic (exact) mass is 401 g/mol. The Balaban J connectivity index is 1.52. The zero-order valence-electron chi connectivity index (χ0n) is 16.2. The molecule has 1 aromatic carbocycles. The highest BCUT2D eigenvalue weighted by Gasteiger charge is 2.29. The number of nitrogens with zero attached hydrogens (tertiary/aromatic N) is 3. The van der Waals surface area contributed by atoms with Gasteiger partial charge in [0.15, 0.2) is 6.61 Å². The van der Waals surface area contributed by atoms with Crippen LogP contribution in [0.4, 0.5) is 5.69 Å². The summed E-state index contributed by atoms with van der Waals surface area (Å²) in [7, 11) is 0. The van der Waals surface area contributed by atoms with Crippen LogP contribution in [0.2, 0.25) is 0 Å². The third-order valence-electron chi connectivity index (χ3n) is 4.83. The number of benzene rings is 1. The number of ether oxygens (including phenoxy) is 2. The largest absolute Gasteiger partial charge is 0.482 e. The Hall–Kier alpha value is -2.45. The minimum Gasteiger partial charge on any atom is -0.482 e. The zero-order valence-corrected chi connectivity index (χ0v) is 17.0.